The second-order valence-corrected chi connectivity index (χ2v) is 6.77. The number of thioether (sulfide) groups is 1. The van der Waals surface area contributed by atoms with Crippen LogP contribution in [0.4, 0.5) is 10.8 Å². The van der Waals surface area contributed by atoms with Crippen LogP contribution in [0.5, 0.6) is 0 Å². The van der Waals surface area contributed by atoms with Crippen molar-refractivity contribution in [1.82, 2.24) is 4.98 Å². The predicted molar refractivity (Wildman–Crippen MR) is 89.6 cm³/mol. The van der Waals surface area contributed by atoms with E-state index in [2.05, 4.69) is 10.3 Å². The van der Waals surface area contributed by atoms with Crippen molar-refractivity contribution in [1.29, 1.82) is 0 Å². The van der Waals surface area contributed by atoms with E-state index in [4.69, 9.17) is 0 Å². The minimum atomic E-state index is -0.127. The highest BCUT2D eigenvalue weighted by atomic mass is 32.2. The highest BCUT2D eigenvalue weighted by molar-refractivity contribution is 8.00. The Morgan fingerprint density at radius 3 is 3.00 bits per heavy atom. The van der Waals surface area contributed by atoms with E-state index in [0.717, 1.165) is 16.3 Å². The van der Waals surface area contributed by atoms with Crippen molar-refractivity contribution in [2.75, 3.05) is 22.5 Å². The second kappa shape index (κ2) is 6.50. The largest absolute Gasteiger partial charge is 0.310 e. The number of aryl methyl sites for hydroxylation is 1. The van der Waals surface area contributed by atoms with E-state index in [0.29, 0.717) is 17.4 Å². The van der Waals surface area contributed by atoms with E-state index in [1.807, 2.05) is 36.6 Å². The Morgan fingerprint density at radius 1 is 1.41 bits per heavy atom. The van der Waals surface area contributed by atoms with Crippen molar-refractivity contribution in [2.45, 2.75) is 18.2 Å². The van der Waals surface area contributed by atoms with Crippen LogP contribution in [0.15, 0.2) is 34.5 Å². The lowest BCUT2D eigenvalue weighted by atomic mass is 10.2. The van der Waals surface area contributed by atoms with Crippen molar-refractivity contribution in [3.05, 3.63) is 35.3 Å². The van der Waals surface area contributed by atoms with Crippen LogP contribution >= 0.6 is 23.1 Å². The molecule has 1 aromatic carbocycles. The van der Waals surface area contributed by atoms with Crippen molar-refractivity contribution in [3.63, 3.8) is 0 Å². The topological polar surface area (TPSA) is 62.3 Å². The van der Waals surface area contributed by atoms with Crippen LogP contribution in [-0.2, 0) is 9.59 Å². The minimum Gasteiger partial charge on any atom is -0.310 e. The molecule has 2 aromatic rings. The van der Waals surface area contributed by atoms with Gasteiger partial charge in [-0.15, -0.1) is 23.1 Å². The molecule has 1 aromatic heterocycles. The summed E-state index contributed by atoms with van der Waals surface area (Å²) < 4.78 is 0. The van der Waals surface area contributed by atoms with Crippen LogP contribution in [0.2, 0.25) is 0 Å². The van der Waals surface area contributed by atoms with Gasteiger partial charge in [0.05, 0.1) is 17.1 Å². The van der Waals surface area contributed by atoms with Gasteiger partial charge in [-0.1, -0.05) is 12.1 Å². The van der Waals surface area contributed by atoms with Gasteiger partial charge in [-0.05, 0) is 19.1 Å². The van der Waals surface area contributed by atoms with Crippen molar-refractivity contribution in [2.24, 2.45) is 0 Å². The molecule has 0 aliphatic carbocycles. The number of rotatable bonds is 4. The second-order valence-electron chi connectivity index (χ2n) is 4.89. The number of amides is 2. The predicted octanol–water partition coefficient (Wildman–Crippen LogP) is 2.92. The number of carbonyl (C=O) groups is 2. The molecule has 0 radical (unpaired) electrons. The van der Waals surface area contributed by atoms with Gasteiger partial charge in [-0.2, -0.15) is 0 Å². The molecule has 5 nitrogen and oxygen atoms in total. The lowest BCUT2D eigenvalue weighted by Crippen LogP contribution is -2.37. The van der Waals surface area contributed by atoms with Gasteiger partial charge in [0.25, 0.3) is 0 Å². The fraction of sp³-hybridized carbons (Fsp3) is 0.267. The summed E-state index contributed by atoms with van der Waals surface area (Å²) in [6.07, 6.45) is 0.253. The van der Waals surface area contributed by atoms with Crippen molar-refractivity contribution >= 4 is 45.7 Å². The summed E-state index contributed by atoms with van der Waals surface area (Å²) in [5.41, 5.74) is 1.78. The smallest absolute Gasteiger partial charge is 0.237 e. The third-order valence-corrected chi connectivity index (χ3v) is 5.16. The molecule has 2 amide bonds. The summed E-state index contributed by atoms with van der Waals surface area (Å²) >= 11 is 2.94. The molecule has 1 N–H and O–H groups in total. The Balaban J connectivity index is 1.63. The number of fused-ring (bicyclic) bond motifs is 1. The molecule has 7 heteroatoms. The summed E-state index contributed by atoms with van der Waals surface area (Å²) in [5, 5.41) is 5.25. The van der Waals surface area contributed by atoms with Gasteiger partial charge in [0, 0.05) is 23.2 Å². The first-order chi connectivity index (χ1) is 10.6. The Hall–Kier alpha value is -1.86. The number of benzene rings is 1. The van der Waals surface area contributed by atoms with Gasteiger partial charge < -0.3 is 10.2 Å². The molecule has 3 rings (SSSR count). The van der Waals surface area contributed by atoms with Crippen LogP contribution in [0.3, 0.4) is 0 Å². The van der Waals surface area contributed by atoms with E-state index in [-0.39, 0.29) is 18.2 Å². The molecule has 1 aliphatic heterocycles. The molecular weight excluding hydrogens is 318 g/mol. The number of thiazole rings is 1. The quantitative estimate of drug-likeness (QED) is 0.934. The number of nitrogens with one attached hydrogen (secondary N) is 1. The zero-order valence-corrected chi connectivity index (χ0v) is 13.7. The summed E-state index contributed by atoms with van der Waals surface area (Å²) in [6.45, 7) is 2.26. The molecule has 22 heavy (non-hydrogen) atoms. The number of aromatic nitrogens is 1. The molecule has 0 fully saturated rings. The van der Waals surface area contributed by atoms with Crippen LogP contribution in [-0.4, -0.2) is 29.1 Å². The number of anilines is 2. The zero-order valence-electron chi connectivity index (χ0n) is 12.0. The first-order valence-electron chi connectivity index (χ1n) is 6.87. The third-order valence-electron chi connectivity index (χ3n) is 3.24. The lowest BCUT2D eigenvalue weighted by Gasteiger charge is -2.28. The molecule has 0 unspecified atom stereocenters. The normalized spacial score (nSPS) is 13.9. The molecule has 0 saturated carbocycles. The highest BCUT2D eigenvalue weighted by Gasteiger charge is 2.24. The van der Waals surface area contributed by atoms with Crippen LogP contribution < -0.4 is 10.2 Å². The molecular formula is C15H15N3O2S2. The standard InChI is InChI=1S/C15H15N3O2S2/c1-10-8-22-15(16-10)17-13(19)6-7-18-11-4-2-3-5-12(11)21-9-14(18)20/h2-5,8H,6-7,9H2,1H3,(H,16,17,19). The Bertz CT molecular complexity index is 714. The molecule has 1 aliphatic rings. The van der Waals surface area contributed by atoms with E-state index in [1.165, 1.54) is 11.3 Å². The Labute approximate surface area is 136 Å². The lowest BCUT2D eigenvalue weighted by molar-refractivity contribution is -0.117. The SMILES string of the molecule is Cc1csc(NC(=O)CCN2C(=O)CSc3ccccc32)n1. The number of para-hydroxylation sites is 1. The number of carbonyl (C=O) groups excluding carboxylic acids is 2. The maximum absolute atomic E-state index is 12.1. The van der Waals surface area contributed by atoms with Gasteiger partial charge in [0.1, 0.15) is 0 Å². The fourth-order valence-corrected chi connectivity index (χ4v) is 3.85. The van der Waals surface area contributed by atoms with Crippen LogP contribution in [0, 0.1) is 6.92 Å². The molecule has 114 valence electrons. The van der Waals surface area contributed by atoms with E-state index >= 15 is 0 Å². The number of hydrogen-bond donors (Lipinski definition) is 1. The van der Waals surface area contributed by atoms with Gasteiger partial charge >= 0.3 is 0 Å². The van der Waals surface area contributed by atoms with E-state index in [1.54, 1.807) is 16.7 Å². The third kappa shape index (κ3) is 3.31. The zero-order chi connectivity index (χ0) is 15.5. The fourth-order valence-electron chi connectivity index (χ4n) is 2.21. The average Bonchev–Trinajstić information content (AvgIpc) is 2.91. The maximum Gasteiger partial charge on any atom is 0.237 e. The molecule has 0 bridgehead atoms. The van der Waals surface area contributed by atoms with Gasteiger partial charge in [0.15, 0.2) is 5.13 Å². The number of hydrogen-bond acceptors (Lipinski definition) is 5. The molecule has 0 atom stereocenters. The van der Waals surface area contributed by atoms with Gasteiger partial charge in [-0.3, -0.25) is 9.59 Å². The molecule has 0 spiro atoms. The molecule has 2 heterocycles. The van der Waals surface area contributed by atoms with Gasteiger partial charge in [-0.25, -0.2) is 4.98 Å². The average molecular weight is 333 g/mol. The monoisotopic (exact) mass is 333 g/mol. The van der Waals surface area contributed by atoms with Gasteiger partial charge in [0.2, 0.25) is 11.8 Å². The minimum absolute atomic E-state index is 0.0431. The summed E-state index contributed by atoms with van der Waals surface area (Å²) in [7, 11) is 0. The molecule has 0 saturated heterocycles. The van der Waals surface area contributed by atoms with Crippen molar-refractivity contribution < 1.29 is 9.59 Å². The first kappa shape index (κ1) is 15.1. The highest BCUT2D eigenvalue weighted by Crippen LogP contribution is 2.34. The Kier molecular flexibility index (Phi) is 4.44. The first-order valence-corrected chi connectivity index (χ1v) is 8.74. The summed E-state index contributed by atoms with van der Waals surface area (Å²) in [6, 6.07) is 7.78. The number of nitrogens with zero attached hydrogens (tertiary/aromatic N) is 2. The van der Waals surface area contributed by atoms with Crippen LogP contribution in [0.1, 0.15) is 12.1 Å². The van der Waals surface area contributed by atoms with Crippen LogP contribution in [0.25, 0.3) is 0 Å². The van der Waals surface area contributed by atoms with E-state index in [9.17, 15) is 9.59 Å². The summed E-state index contributed by atoms with van der Waals surface area (Å²) in [5.74, 6) is 0.337. The van der Waals surface area contributed by atoms with Crippen molar-refractivity contribution in [3.8, 4) is 0 Å². The Morgan fingerprint density at radius 2 is 2.23 bits per heavy atom. The van der Waals surface area contributed by atoms with E-state index < -0.39 is 0 Å². The summed E-state index contributed by atoms with van der Waals surface area (Å²) in [4.78, 5) is 31.1. The maximum atomic E-state index is 12.1.